The van der Waals surface area contributed by atoms with Crippen LogP contribution in [0.1, 0.15) is 92.7 Å². The van der Waals surface area contributed by atoms with Crippen molar-refractivity contribution in [2.45, 2.75) is 63.5 Å². The summed E-state index contributed by atoms with van der Waals surface area (Å²) in [5.41, 5.74) is 10.7. The lowest BCUT2D eigenvalue weighted by atomic mass is 10.0. The number of nitrogens with zero attached hydrogens (tertiary/aromatic N) is 3. The van der Waals surface area contributed by atoms with Crippen LogP contribution in [0.2, 0.25) is 0 Å². The summed E-state index contributed by atoms with van der Waals surface area (Å²) < 4.78 is 33.3. The monoisotopic (exact) mass is 946 g/mol. The normalized spacial score (nSPS) is 17.6. The lowest BCUT2D eigenvalue weighted by Gasteiger charge is -2.36. The molecule has 0 bridgehead atoms. The van der Waals surface area contributed by atoms with Crippen LogP contribution in [0.3, 0.4) is 0 Å². The van der Waals surface area contributed by atoms with Crippen LogP contribution in [-0.2, 0) is 25.5 Å². The van der Waals surface area contributed by atoms with Crippen molar-refractivity contribution >= 4 is 64.0 Å². The Labute approximate surface area is 398 Å². The number of halogens is 2. The van der Waals surface area contributed by atoms with Crippen LogP contribution in [0.4, 0.5) is 31.5 Å². The van der Waals surface area contributed by atoms with Gasteiger partial charge in [0.1, 0.15) is 23.5 Å². The molecule has 4 heterocycles. The summed E-state index contributed by atoms with van der Waals surface area (Å²) in [6.07, 6.45) is 4.15. The molecule has 0 spiro atoms. The summed E-state index contributed by atoms with van der Waals surface area (Å²) in [7, 11) is 0. The van der Waals surface area contributed by atoms with Crippen molar-refractivity contribution < 1.29 is 42.3 Å². The van der Waals surface area contributed by atoms with E-state index in [9.17, 15) is 37.5 Å². The van der Waals surface area contributed by atoms with Crippen molar-refractivity contribution in [2.24, 2.45) is 0 Å². The molecule has 4 aliphatic heterocycles. The van der Waals surface area contributed by atoms with Gasteiger partial charge in [-0.05, 0) is 111 Å². The number of rotatable bonds is 17. The molecule has 19 heteroatoms. The van der Waals surface area contributed by atoms with Gasteiger partial charge in [0.2, 0.25) is 17.7 Å². The Balaban J connectivity index is 0.788. The van der Waals surface area contributed by atoms with E-state index < -0.39 is 47.2 Å². The predicted molar refractivity (Wildman–Crippen MR) is 255 cm³/mol. The maximum absolute atomic E-state index is 13.9. The Bertz CT molecular complexity index is 2630. The van der Waals surface area contributed by atoms with Gasteiger partial charge in [0.25, 0.3) is 17.7 Å². The number of unbranched alkanes of at least 4 members (excludes halogenated alkanes) is 2. The third-order valence-corrected chi connectivity index (χ3v) is 12.8. The highest BCUT2D eigenvalue weighted by atomic mass is 19.1. The summed E-state index contributed by atoms with van der Waals surface area (Å²) in [5.74, 6) is -4.35. The zero-order valence-electron chi connectivity index (χ0n) is 38.1. The predicted octanol–water partition coefficient (Wildman–Crippen LogP) is 4.41. The minimum atomic E-state index is -1.03. The van der Waals surface area contributed by atoms with Gasteiger partial charge in [-0.1, -0.05) is 12.1 Å². The second kappa shape index (κ2) is 21.8. The lowest BCUT2D eigenvalue weighted by molar-refractivity contribution is -0.136. The van der Waals surface area contributed by atoms with E-state index in [1.807, 2.05) is 12.1 Å². The van der Waals surface area contributed by atoms with E-state index in [0.29, 0.717) is 80.5 Å². The molecule has 4 aromatic carbocycles. The van der Waals surface area contributed by atoms with Crippen LogP contribution in [-0.4, -0.2) is 122 Å². The van der Waals surface area contributed by atoms with Crippen LogP contribution >= 0.6 is 0 Å². The number of hydrogen-bond donors (Lipinski definition) is 7. The smallest absolute Gasteiger partial charge is 0.264 e. The highest BCUT2D eigenvalue weighted by Crippen LogP contribution is 2.33. The van der Waals surface area contributed by atoms with E-state index in [2.05, 4.69) is 36.4 Å². The van der Waals surface area contributed by atoms with Crippen LogP contribution in [0.5, 0.6) is 0 Å². The lowest BCUT2D eigenvalue weighted by Crippen LogP contribution is -2.54. The number of piperazine rings is 1. The molecule has 1 atom stereocenters. The second-order valence-electron chi connectivity index (χ2n) is 17.7. The number of imide groups is 2. The number of fused-ring (bicyclic) bond motifs is 1. The molecular formula is C50H56F2N10O7. The van der Waals surface area contributed by atoms with Crippen molar-refractivity contribution in [1.82, 2.24) is 25.8 Å². The first-order valence-electron chi connectivity index (χ1n) is 23.4. The number of benzene rings is 4. The summed E-state index contributed by atoms with van der Waals surface area (Å²) >= 11 is 0. The van der Waals surface area contributed by atoms with E-state index in [4.69, 9.17) is 15.9 Å². The first-order valence-corrected chi connectivity index (χ1v) is 23.4. The molecule has 3 fully saturated rings. The van der Waals surface area contributed by atoms with Gasteiger partial charge in [-0.25, -0.2) is 8.78 Å². The molecule has 0 radical (unpaired) electrons. The molecule has 1 unspecified atom stereocenters. The molecule has 0 saturated carbocycles. The van der Waals surface area contributed by atoms with Crippen LogP contribution < -0.4 is 37.2 Å². The number of ether oxygens (including phenoxy) is 1. The number of nitrogen functional groups attached to an aromatic ring is 1. The topological polar surface area (TPSA) is 231 Å². The number of nitrogens with one attached hydrogen (secondary N) is 6. The fourth-order valence-corrected chi connectivity index (χ4v) is 9.20. The fourth-order valence-electron chi connectivity index (χ4n) is 9.20. The number of nitrogens with two attached hydrogens (primary N) is 1. The quantitative estimate of drug-likeness (QED) is 0.0257. The summed E-state index contributed by atoms with van der Waals surface area (Å²) in [5, 5.41) is 23.5. The van der Waals surface area contributed by atoms with Gasteiger partial charge in [0.05, 0.1) is 23.2 Å². The average molecular weight is 947 g/mol. The molecule has 362 valence electrons. The molecule has 8 N–H and O–H groups in total. The molecule has 6 amide bonds. The molecule has 69 heavy (non-hydrogen) atoms. The third kappa shape index (κ3) is 11.7. The van der Waals surface area contributed by atoms with Gasteiger partial charge in [-0.2, -0.15) is 0 Å². The largest absolute Gasteiger partial charge is 0.398 e. The van der Waals surface area contributed by atoms with Gasteiger partial charge < -0.3 is 36.6 Å². The minimum absolute atomic E-state index is 0.0496. The number of piperidine rings is 1. The van der Waals surface area contributed by atoms with Crippen molar-refractivity contribution in [3.8, 4) is 0 Å². The van der Waals surface area contributed by atoms with Crippen molar-refractivity contribution in [3.63, 3.8) is 0 Å². The van der Waals surface area contributed by atoms with Crippen LogP contribution in [0, 0.1) is 17.0 Å². The van der Waals surface area contributed by atoms with Crippen LogP contribution in [0.15, 0.2) is 72.8 Å². The molecule has 0 aliphatic carbocycles. The zero-order valence-corrected chi connectivity index (χ0v) is 38.1. The Morgan fingerprint density at radius 1 is 0.797 bits per heavy atom. The first-order chi connectivity index (χ1) is 33.3. The summed E-state index contributed by atoms with van der Waals surface area (Å²) in [4.78, 5) is 82.6. The van der Waals surface area contributed by atoms with Crippen LogP contribution in [0.25, 0.3) is 0 Å². The van der Waals surface area contributed by atoms with Gasteiger partial charge in [0.15, 0.2) is 0 Å². The number of amides is 6. The number of hydrogen-bond acceptors (Lipinski definition) is 13. The number of carbonyl (C=O) groups is 6. The van der Waals surface area contributed by atoms with E-state index in [1.165, 1.54) is 12.1 Å². The van der Waals surface area contributed by atoms with Gasteiger partial charge in [-0.3, -0.25) is 49.3 Å². The number of amidine groups is 1. The molecule has 4 aromatic rings. The number of carbonyl (C=O) groups excluding carboxylic acids is 6. The number of anilines is 4. The molecule has 4 aliphatic rings. The van der Waals surface area contributed by atoms with Gasteiger partial charge in [0, 0.05) is 99.3 Å². The standard InChI is InChI=1S/C50H56F2N10O7/c51-32-24-31(25-33(52)27-32)23-30-7-10-39(53)38(26-30)46(54)59-47(65)36-9-8-35(28-41(36)57-34-13-21-69-22-14-34)61-19-17-60(18-20-61)29-44(64)56-16-3-1-2-15-55-40-6-4-5-37-45(40)50(68)62(49(37)67)42-11-12-43(63)58-48(42)66/h4-10,24-28,34,42,55,57H,1-3,11-23,29,53H2,(H,56,64)(H2,54,59,65)(H,58,63,66). The maximum Gasteiger partial charge on any atom is 0.264 e. The van der Waals surface area contributed by atoms with Crippen molar-refractivity contribution in [1.29, 1.82) is 5.41 Å². The Kier molecular flexibility index (Phi) is 15.2. The third-order valence-electron chi connectivity index (χ3n) is 12.8. The SMILES string of the molecule is N=C(NC(=O)c1ccc(N2CCN(CC(=O)NCCCCCNc3cccc4c3C(=O)N(C3CCC(=O)NC3=O)C4=O)CC2)cc1NC1CCOCC1)c1cc(Cc2cc(F)cc(F)c2)ccc1N. The van der Waals surface area contributed by atoms with E-state index in [1.54, 1.807) is 42.5 Å². The van der Waals surface area contributed by atoms with E-state index >= 15 is 0 Å². The summed E-state index contributed by atoms with van der Waals surface area (Å²) in [6, 6.07) is 17.8. The van der Waals surface area contributed by atoms with Gasteiger partial charge in [-0.15, -0.1) is 0 Å². The first kappa shape index (κ1) is 48.2. The van der Waals surface area contributed by atoms with E-state index in [-0.39, 0.29) is 66.0 Å². The fraction of sp³-hybridized carbons (Fsp3) is 0.380. The van der Waals surface area contributed by atoms with Crippen molar-refractivity contribution in [2.75, 3.05) is 80.3 Å². The Hall–Kier alpha value is -7.25. The molecule has 8 rings (SSSR count). The highest BCUT2D eigenvalue weighted by molar-refractivity contribution is 6.25. The minimum Gasteiger partial charge on any atom is -0.398 e. The average Bonchev–Trinajstić information content (AvgIpc) is 3.58. The van der Waals surface area contributed by atoms with Crippen molar-refractivity contribution in [3.05, 3.63) is 118 Å². The molecular weight excluding hydrogens is 891 g/mol. The molecule has 17 nitrogen and oxygen atoms in total. The van der Waals surface area contributed by atoms with E-state index in [0.717, 1.165) is 48.8 Å². The summed E-state index contributed by atoms with van der Waals surface area (Å²) in [6.45, 7) is 5.10. The second-order valence-corrected chi connectivity index (χ2v) is 17.7. The Morgan fingerprint density at radius 2 is 1.55 bits per heavy atom. The molecule has 3 saturated heterocycles. The Morgan fingerprint density at radius 3 is 2.30 bits per heavy atom. The highest BCUT2D eigenvalue weighted by Gasteiger charge is 2.45. The maximum atomic E-state index is 13.9. The molecule has 0 aromatic heterocycles. The zero-order chi connectivity index (χ0) is 48.6. The van der Waals surface area contributed by atoms with Gasteiger partial charge >= 0.3 is 0 Å².